The lowest BCUT2D eigenvalue weighted by atomic mass is 10.3. The van der Waals surface area contributed by atoms with Gasteiger partial charge >= 0.3 is 0 Å². The molecule has 0 saturated heterocycles. The highest BCUT2D eigenvalue weighted by Crippen LogP contribution is 2.33. The Morgan fingerprint density at radius 3 is 2.76 bits per heavy atom. The summed E-state index contributed by atoms with van der Waals surface area (Å²) in [5.74, 6) is 0. The number of rotatable bonds is 2. The Morgan fingerprint density at radius 2 is 2.06 bits per heavy atom. The standard InChI is InChI=1S/C11H11BrN4S/c1-6-3-4-14-11(16-6)17-10-9(12)7(2)8(13)5-15-10/h3-5H,13H2,1-2H3. The van der Waals surface area contributed by atoms with Crippen LogP contribution in [0.4, 0.5) is 5.69 Å². The number of nitrogens with zero attached hydrogens (tertiary/aromatic N) is 3. The monoisotopic (exact) mass is 310 g/mol. The maximum Gasteiger partial charge on any atom is 0.194 e. The van der Waals surface area contributed by atoms with E-state index in [4.69, 9.17) is 5.73 Å². The number of hydrogen-bond donors (Lipinski definition) is 1. The molecule has 88 valence electrons. The Balaban J connectivity index is 2.34. The van der Waals surface area contributed by atoms with Crippen LogP contribution in [0.15, 0.2) is 33.1 Å². The van der Waals surface area contributed by atoms with Crippen molar-refractivity contribution in [1.82, 2.24) is 15.0 Å². The first kappa shape index (κ1) is 12.3. The van der Waals surface area contributed by atoms with Crippen molar-refractivity contribution in [2.75, 3.05) is 5.73 Å². The van der Waals surface area contributed by atoms with Crippen LogP contribution in [-0.2, 0) is 0 Å². The van der Waals surface area contributed by atoms with Gasteiger partial charge in [0.1, 0.15) is 5.03 Å². The van der Waals surface area contributed by atoms with E-state index >= 15 is 0 Å². The van der Waals surface area contributed by atoms with Gasteiger partial charge < -0.3 is 5.73 Å². The summed E-state index contributed by atoms with van der Waals surface area (Å²) in [6, 6.07) is 1.86. The van der Waals surface area contributed by atoms with Gasteiger partial charge in [0.2, 0.25) is 0 Å². The predicted molar refractivity (Wildman–Crippen MR) is 72.0 cm³/mol. The van der Waals surface area contributed by atoms with Gasteiger partial charge in [-0.1, -0.05) is 0 Å². The van der Waals surface area contributed by atoms with Crippen molar-refractivity contribution < 1.29 is 0 Å². The first-order valence-corrected chi connectivity index (χ1v) is 6.57. The second kappa shape index (κ2) is 5.01. The van der Waals surface area contributed by atoms with Gasteiger partial charge in [0.05, 0.1) is 16.4 Å². The highest BCUT2D eigenvalue weighted by atomic mass is 79.9. The molecule has 0 fully saturated rings. The quantitative estimate of drug-likeness (QED) is 0.864. The van der Waals surface area contributed by atoms with Crippen LogP contribution in [0.2, 0.25) is 0 Å². The van der Waals surface area contributed by atoms with Gasteiger partial charge in [0.25, 0.3) is 0 Å². The highest BCUT2D eigenvalue weighted by molar-refractivity contribution is 9.10. The SMILES string of the molecule is Cc1ccnc(Sc2ncc(N)c(C)c2Br)n1. The zero-order valence-corrected chi connectivity index (χ0v) is 11.8. The van der Waals surface area contributed by atoms with E-state index in [9.17, 15) is 0 Å². The third-order valence-corrected chi connectivity index (χ3v) is 4.35. The van der Waals surface area contributed by atoms with Crippen molar-refractivity contribution in [3.8, 4) is 0 Å². The van der Waals surface area contributed by atoms with Crippen molar-refractivity contribution in [2.45, 2.75) is 24.0 Å². The van der Waals surface area contributed by atoms with Gasteiger partial charge in [-0.05, 0) is 53.2 Å². The van der Waals surface area contributed by atoms with Crippen LogP contribution in [-0.4, -0.2) is 15.0 Å². The fraction of sp³-hybridized carbons (Fsp3) is 0.182. The zero-order valence-electron chi connectivity index (χ0n) is 9.44. The first-order valence-electron chi connectivity index (χ1n) is 4.96. The number of hydrogen-bond acceptors (Lipinski definition) is 5. The van der Waals surface area contributed by atoms with Crippen molar-refractivity contribution in [1.29, 1.82) is 0 Å². The van der Waals surface area contributed by atoms with E-state index in [-0.39, 0.29) is 0 Å². The smallest absolute Gasteiger partial charge is 0.194 e. The molecule has 0 unspecified atom stereocenters. The van der Waals surface area contributed by atoms with Crippen LogP contribution in [0.1, 0.15) is 11.3 Å². The molecule has 0 radical (unpaired) electrons. The molecule has 0 aliphatic heterocycles. The van der Waals surface area contributed by atoms with Crippen LogP contribution in [0.5, 0.6) is 0 Å². The number of halogens is 1. The topological polar surface area (TPSA) is 64.7 Å². The van der Waals surface area contributed by atoms with Gasteiger partial charge in [0, 0.05) is 11.9 Å². The van der Waals surface area contributed by atoms with Crippen LogP contribution in [0.3, 0.4) is 0 Å². The van der Waals surface area contributed by atoms with Gasteiger partial charge in [-0.2, -0.15) is 0 Å². The highest BCUT2D eigenvalue weighted by Gasteiger charge is 2.10. The molecule has 0 aliphatic rings. The van der Waals surface area contributed by atoms with E-state index in [1.807, 2.05) is 19.9 Å². The largest absolute Gasteiger partial charge is 0.397 e. The fourth-order valence-corrected chi connectivity index (χ4v) is 2.60. The molecule has 0 spiro atoms. The molecular weight excluding hydrogens is 300 g/mol. The average molecular weight is 311 g/mol. The Hall–Kier alpha value is -1.14. The molecular formula is C11H11BrN4S. The van der Waals surface area contributed by atoms with Crippen LogP contribution in [0.25, 0.3) is 0 Å². The average Bonchev–Trinajstić information content (AvgIpc) is 2.30. The summed E-state index contributed by atoms with van der Waals surface area (Å²) in [5, 5.41) is 1.50. The minimum Gasteiger partial charge on any atom is -0.397 e. The van der Waals surface area contributed by atoms with Crippen LogP contribution >= 0.6 is 27.7 Å². The van der Waals surface area contributed by atoms with E-state index in [0.29, 0.717) is 10.8 Å². The summed E-state index contributed by atoms with van der Waals surface area (Å²) < 4.78 is 0.896. The number of aromatic nitrogens is 3. The third kappa shape index (κ3) is 2.76. The minimum atomic E-state index is 0.673. The van der Waals surface area contributed by atoms with E-state index < -0.39 is 0 Å². The van der Waals surface area contributed by atoms with Crippen molar-refractivity contribution >= 4 is 33.4 Å². The molecule has 0 aromatic carbocycles. The summed E-state index contributed by atoms with van der Waals surface area (Å²) >= 11 is 4.90. The van der Waals surface area contributed by atoms with E-state index in [2.05, 4.69) is 30.9 Å². The molecule has 0 aliphatic carbocycles. The van der Waals surface area contributed by atoms with Crippen LogP contribution < -0.4 is 5.73 Å². The Labute approximate surface area is 112 Å². The summed E-state index contributed by atoms with van der Waals surface area (Å²) in [5.41, 5.74) is 8.36. The molecule has 2 rings (SSSR count). The van der Waals surface area contributed by atoms with E-state index in [0.717, 1.165) is 20.8 Å². The molecule has 2 aromatic rings. The summed E-state index contributed by atoms with van der Waals surface area (Å²) in [6.45, 7) is 3.88. The normalized spacial score (nSPS) is 10.5. The number of anilines is 1. The number of nitrogens with two attached hydrogens (primary N) is 1. The third-order valence-electron chi connectivity index (χ3n) is 2.23. The Bertz CT molecular complexity index is 559. The zero-order chi connectivity index (χ0) is 12.4. The molecule has 17 heavy (non-hydrogen) atoms. The van der Waals surface area contributed by atoms with Crippen molar-refractivity contribution in [3.63, 3.8) is 0 Å². The lowest BCUT2D eigenvalue weighted by molar-refractivity contribution is 0.926. The predicted octanol–water partition coefficient (Wildman–Crippen LogP) is 2.98. The molecule has 2 aromatic heterocycles. The lowest BCUT2D eigenvalue weighted by Crippen LogP contribution is -1.95. The Kier molecular flexibility index (Phi) is 3.63. The molecule has 2 heterocycles. The van der Waals surface area contributed by atoms with E-state index in [1.54, 1.807) is 12.4 Å². The summed E-state index contributed by atoms with van der Waals surface area (Å²) in [6.07, 6.45) is 3.39. The van der Waals surface area contributed by atoms with Gasteiger partial charge in [-0.3, -0.25) is 0 Å². The first-order chi connectivity index (χ1) is 8.08. The van der Waals surface area contributed by atoms with Crippen molar-refractivity contribution in [2.24, 2.45) is 0 Å². The number of pyridine rings is 1. The second-order valence-corrected chi connectivity index (χ2v) is 5.29. The van der Waals surface area contributed by atoms with Gasteiger partial charge in [0.15, 0.2) is 5.16 Å². The van der Waals surface area contributed by atoms with Crippen molar-refractivity contribution in [3.05, 3.63) is 34.2 Å². The number of nitrogen functional groups attached to an aromatic ring is 1. The second-order valence-electron chi connectivity index (χ2n) is 3.54. The molecule has 0 amide bonds. The van der Waals surface area contributed by atoms with E-state index in [1.165, 1.54) is 11.8 Å². The molecule has 4 nitrogen and oxygen atoms in total. The minimum absolute atomic E-state index is 0.673. The number of aryl methyl sites for hydroxylation is 1. The molecule has 0 bridgehead atoms. The maximum atomic E-state index is 5.77. The molecule has 6 heteroatoms. The maximum absolute atomic E-state index is 5.77. The Morgan fingerprint density at radius 1 is 1.29 bits per heavy atom. The summed E-state index contributed by atoms with van der Waals surface area (Å²) in [4.78, 5) is 12.8. The molecule has 0 atom stereocenters. The summed E-state index contributed by atoms with van der Waals surface area (Å²) in [7, 11) is 0. The lowest BCUT2D eigenvalue weighted by Gasteiger charge is -2.07. The van der Waals surface area contributed by atoms with Gasteiger partial charge in [-0.25, -0.2) is 15.0 Å². The molecule has 0 saturated carbocycles. The van der Waals surface area contributed by atoms with Crippen LogP contribution in [0, 0.1) is 13.8 Å². The van der Waals surface area contributed by atoms with Gasteiger partial charge in [-0.15, -0.1) is 0 Å². The molecule has 2 N–H and O–H groups in total. The fourth-order valence-electron chi connectivity index (χ4n) is 1.20.